The summed E-state index contributed by atoms with van der Waals surface area (Å²) in [7, 11) is 1.63. The molecule has 3 aromatic rings. The van der Waals surface area contributed by atoms with Crippen LogP contribution >= 0.6 is 27.3 Å². The molecule has 0 aliphatic heterocycles. The zero-order valence-electron chi connectivity index (χ0n) is 14.7. The molecule has 1 aromatic heterocycles. The molecule has 0 aliphatic carbocycles. The molecule has 0 unspecified atom stereocenters. The predicted molar refractivity (Wildman–Crippen MR) is 113 cm³/mol. The van der Waals surface area contributed by atoms with Crippen molar-refractivity contribution in [3.8, 4) is 17.0 Å². The quantitative estimate of drug-likeness (QED) is 0.571. The summed E-state index contributed by atoms with van der Waals surface area (Å²) >= 11 is 4.83. The summed E-state index contributed by atoms with van der Waals surface area (Å²) in [5.41, 5.74) is 5.30. The summed E-state index contributed by atoms with van der Waals surface area (Å²) < 4.78 is 7.85. The van der Waals surface area contributed by atoms with Gasteiger partial charge in [0.25, 0.3) is 5.91 Å². The highest BCUT2D eigenvalue weighted by molar-refractivity contribution is 9.10. The van der Waals surface area contributed by atoms with Crippen molar-refractivity contribution >= 4 is 33.2 Å². The largest absolute Gasteiger partial charge is 0.497 e. The molecule has 0 saturated heterocycles. The number of thiazole rings is 1. The number of carbonyl (C=O) groups is 1. The van der Waals surface area contributed by atoms with Crippen molar-refractivity contribution in [2.45, 2.75) is 0 Å². The van der Waals surface area contributed by atoms with E-state index in [1.165, 1.54) is 11.3 Å². The van der Waals surface area contributed by atoms with Crippen LogP contribution in [0.5, 0.6) is 5.75 Å². The van der Waals surface area contributed by atoms with Crippen LogP contribution in [0.2, 0.25) is 0 Å². The molecule has 0 aliphatic rings. The smallest absolute Gasteiger partial charge is 0.270 e. The van der Waals surface area contributed by atoms with E-state index in [1.807, 2.05) is 41.8 Å². The third-order valence-electron chi connectivity index (χ3n) is 3.77. The maximum Gasteiger partial charge on any atom is 0.270 e. The van der Waals surface area contributed by atoms with Gasteiger partial charge in [-0.15, -0.1) is 17.9 Å². The van der Waals surface area contributed by atoms with E-state index in [1.54, 1.807) is 30.0 Å². The number of benzene rings is 2. The number of hydrogen-bond acceptors (Lipinski definition) is 4. The minimum absolute atomic E-state index is 0.212. The lowest BCUT2D eigenvalue weighted by Crippen LogP contribution is -2.31. The molecule has 27 heavy (non-hydrogen) atoms. The van der Waals surface area contributed by atoms with E-state index in [9.17, 15) is 4.79 Å². The first kappa shape index (κ1) is 19.1. The fourth-order valence-electron chi connectivity index (χ4n) is 2.40. The van der Waals surface area contributed by atoms with E-state index in [0.29, 0.717) is 16.9 Å². The number of hydrogen-bond donors (Lipinski definition) is 1. The molecule has 0 fully saturated rings. The summed E-state index contributed by atoms with van der Waals surface area (Å²) in [6.07, 6.45) is 1.72. The number of amides is 1. The minimum Gasteiger partial charge on any atom is -0.497 e. The van der Waals surface area contributed by atoms with Crippen molar-refractivity contribution in [1.82, 2.24) is 4.68 Å². The van der Waals surface area contributed by atoms with Crippen LogP contribution in [0.25, 0.3) is 11.3 Å². The normalized spacial score (nSPS) is 11.3. The zero-order chi connectivity index (χ0) is 19.2. The van der Waals surface area contributed by atoms with Gasteiger partial charge < -0.3 is 4.74 Å². The Hall–Kier alpha value is -2.64. The van der Waals surface area contributed by atoms with Gasteiger partial charge in [-0.2, -0.15) is 0 Å². The molecule has 7 heteroatoms. The van der Waals surface area contributed by atoms with Crippen molar-refractivity contribution in [2.75, 3.05) is 19.1 Å². The molecule has 1 heterocycles. The Bertz CT molecular complexity index is 1000. The van der Waals surface area contributed by atoms with Crippen molar-refractivity contribution < 1.29 is 9.53 Å². The average molecular weight is 444 g/mol. The molecule has 0 spiro atoms. The highest BCUT2D eigenvalue weighted by Crippen LogP contribution is 2.22. The third kappa shape index (κ3) is 4.56. The van der Waals surface area contributed by atoms with E-state index in [2.05, 4.69) is 32.9 Å². The minimum atomic E-state index is -0.212. The molecule has 0 bridgehead atoms. The number of nitrogens with zero attached hydrogens (tertiary/aromatic N) is 2. The van der Waals surface area contributed by atoms with E-state index in [0.717, 1.165) is 21.5 Å². The molecule has 0 saturated carbocycles. The van der Waals surface area contributed by atoms with Gasteiger partial charge in [0.2, 0.25) is 4.80 Å². The zero-order valence-corrected chi connectivity index (χ0v) is 17.1. The van der Waals surface area contributed by atoms with Gasteiger partial charge in [0, 0.05) is 21.0 Å². The second-order valence-electron chi connectivity index (χ2n) is 5.54. The maximum atomic E-state index is 12.7. The Kier molecular flexibility index (Phi) is 6.26. The van der Waals surface area contributed by atoms with Gasteiger partial charge in [0.1, 0.15) is 5.75 Å². The van der Waals surface area contributed by atoms with Crippen LogP contribution in [-0.4, -0.2) is 24.2 Å². The standard InChI is InChI=1S/C20H18BrN3O2S/c1-3-12-22-20-24(23-19(25)15-4-8-16(21)9-5-15)18(13-27-20)14-6-10-17(26-2)11-7-14/h3-11,13H,1,12H2,2H3,(H,23,25). The fourth-order valence-corrected chi connectivity index (χ4v) is 3.52. The lowest BCUT2D eigenvalue weighted by atomic mass is 10.2. The fraction of sp³-hybridized carbons (Fsp3) is 0.100. The van der Waals surface area contributed by atoms with Crippen LogP contribution in [0, 0.1) is 0 Å². The van der Waals surface area contributed by atoms with Crippen molar-refractivity contribution in [3.63, 3.8) is 0 Å². The summed E-state index contributed by atoms with van der Waals surface area (Å²) in [6.45, 7) is 4.17. The first-order chi connectivity index (χ1) is 13.1. The molecular formula is C20H18BrN3O2S. The first-order valence-corrected chi connectivity index (χ1v) is 9.83. The van der Waals surface area contributed by atoms with Gasteiger partial charge in [-0.3, -0.25) is 15.2 Å². The first-order valence-electron chi connectivity index (χ1n) is 8.15. The summed E-state index contributed by atoms with van der Waals surface area (Å²) in [5, 5.41) is 1.96. The number of ether oxygens (including phenoxy) is 1. The molecule has 1 N–H and O–H groups in total. The van der Waals surface area contributed by atoms with Crippen LogP contribution in [-0.2, 0) is 0 Å². The maximum absolute atomic E-state index is 12.7. The van der Waals surface area contributed by atoms with E-state index in [4.69, 9.17) is 4.74 Å². The lowest BCUT2D eigenvalue weighted by Gasteiger charge is -2.11. The number of nitrogens with one attached hydrogen (secondary N) is 1. The molecule has 0 atom stereocenters. The van der Waals surface area contributed by atoms with Crippen LogP contribution in [0.15, 0.2) is 76.0 Å². The Labute approximate surface area is 169 Å². The Balaban J connectivity index is 2.00. The van der Waals surface area contributed by atoms with Gasteiger partial charge in [-0.1, -0.05) is 22.0 Å². The highest BCUT2D eigenvalue weighted by Gasteiger charge is 2.12. The predicted octanol–water partition coefficient (Wildman–Crippen LogP) is 4.46. The second-order valence-corrected chi connectivity index (χ2v) is 7.30. The molecule has 3 rings (SSSR count). The summed E-state index contributed by atoms with van der Waals surface area (Å²) in [4.78, 5) is 17.9. The van der Waals surface area contributed by atoms with E-state index in [-0.39, 0.29) is 5.91 Å². The van der Waals surface area contributed by atoms with E-state index >= 15 is 0 Å². The number of aromatic nitrogens is 1. The Morgan fingerprint density at radius 3 is 2.59 bits per heavy atom. The number of halogens is 1. The van der Waals surface area contributed by atoms with Gasteiger partial charge in [-0.05, 0) is 48.5 Å². The highest BCUT2D eigenvalue weighted by atomic mass is 79.9. The Morgan fingerprint density at radius 1 is 1.26 bits per heavy atom. The molecule has 138 valence electrons. The van der Waals surface area contributed by atoms with Gasteiger partial charge in [0.05, 0.1) is 19.3 Å². The van der Waals surface area contributed by atoms with Crippen molar-refractivity contribution in [3.05, 3.63) is 81.4 Å². The number of methoxy groups -OCH3 is 1. The monoisotopic (exact) mass is 443 g/mol. The summed E-state index contributed by atoms with van der Waals surface area (Å²) in [6, 6.07) is 14.9. The van der Waals surface area contributed by atoms with Gasteiger partial charge in [0.15, 0.2) is 0 Å². The van der Waals surface area contributed by atoms with Gasteiger partial charge >= 0.3 is 0 Å². The SMILES string of the molecule is C=CCN=c1scc(-c2ccc(OC)cc2)n1NC(=O)c1ccc(Br)cc1. The van der Waals surface area contributed by atoms with Crippen molar-refractivity contribution in [1.29, 1.82) is 0 Å². The number of carbonyl (C=O) groups excluding carboxylic acids is 1. The van der Waals surface area contributed by atoms with Crippen LogP contribution in [0.1, 0.15) is 10.4 Å². The Morgan fingerprint density at radius 2 is 1.96 bits per heavy atom. The van der Waals surface area contributed by atoms with Gasteiger partial charge in [-0.25, -0.2) is 4.68 Å². The summed E-state index contributed by atoms with van der Waals surface area (Å²) in [5.74, 6) is 0.562. The molecule has 5 nitrogen and oxygen atoms in total. The van der Waals surface area contributed by atoms with Crippen molar-refractivity contribution in [2.24, 2.45) is 4.99 Å². The number of rotatable bonds is 6. The van der Waals surface area contributed by atoms with E-state index < -0.39 is 0 Å². The second kappa shape index (κ2) is 8.83. The molecule has 1 amide bonds. The average Bonchev–Trinajstić information content (AvgIpc) is 3.09. The molecular weight excluding hydrogens is 426 g/mol. The lowest BCUT2D eigenvalue weighted by molar-refractivity contribution is 0.101. The topological polar surface area (TPSA) is 55.6 Å². The van der Waals surface area contributed by atoms with Crippen LogP contribution in [0.3, 0.4) is 0 Å². The molecule has 2 aromatic carbocycles. The van der Waals surface area contributed by atoms with Crippen LogP contribution in [0.4, 0.5) is 0 Å². The molecule has 0 radical (unpaired) electrons. The third-order valence-corrected chi connectivity index (χ3v) is 5.16. The van der Waals surface area contributed by atoms with Crippen LogP contribution < -0.4 is 15.0 Å².